The van der Waals surface area contributed by atoms with Crippen LogP contribution in [0.1, 0.15) is 49.5 Å². The van der Waals surface area contributed by atoms with Crippen LogP contribution in [0.3, 0.4) is 0 Å². The Labute approximate surface area is 121 Å². The number of nitrogens with zero attached hydrogens (tertiary/aromatic N) is 1. The highest BCUT2D eigenvalue weighted by Crippen LogP contribution is 2.16. The Hall–Kier alpha value is -1.19. The Morgan fingerprint density at radius 3 is 2.25 bits per heavy atom. The van der Waals surface area contributed by atoms with Crippen molar-refractivity contribution >= 4 is 5.78 Å². The molecule has 1 fully saturated rings. The second-order valence-corrected chi connectivity index (χ2v) is 6.15. The van der Waals surface area contributed by atoms with E-state index >= 15 is 0 Å². The van der Waals surface area contributed by atoms with Gasteiger partial charge in [-0.05, 0) is 25.3 Å². The Balaban J connectivity index is 1.97. The third-order valence-corrected chi connectivity index (χ3v) is 3.76. The minimum atomic E-state index is 0.196. The highest BCUT2D eigenvalue weighted by Gasteiger charge is 2.23. The fraction of sp³-hybridized carbons (Fsp3) is 0.588. The fourth-order valence-corrected chi connectivity index (χ4v) is 2.76. The molecule has 2 atom stereocenters. The molecule has 110 valence electrons. The number of benzene rings is 1. The molecule has 2 rings (SSSR count). The van der Waals surface area contributed by atoms with Gasteiger partial charge in [0.25, 0.3) is 0 Å². The molecule has 1 saturated heterocycles. The maximum absolute atomic E-state index is 12.3. The first-order chi connectivity index (χ1) is 9.45. The lowest BCUT2D eigenvalue weighted by molar-refractivity contribution is -0.0652. The number of ether oxygens (including phenoxy) is 1. The van der Waals surface area contributed by atoms with Crippen molar-refractivity contribution in [1.29, 1.82) is 0 Å². The van der Waals surface area contributed by atoms with E-state index in [4.69, 9.17) is 4.74 Å². The summed E-state index contributed by atoms with van der Waals surface area (Å²) in [5.74, 6) is 0.696. The van der Waals surface area contributed by atoms with E-state index in [1.165, 1.54) is 5.56 Å². The van der Waals surface area contributed by atoms with Crippen LogP contribution in [0.4, 0.5) is 0 Å². The summed E-state index contributed by atoms with van der Waals surface area (Å²) in [6.45, 7) is 10.6. The molecular formula is C17H25NO2. The normalized spacial score (nSPS) is 24.1. The topological polar surface area (TPSA) is 29.5 Å². The molecule has 1 aromatic carbocycles. The molecule has 3 nitrogen and oxygen atoms in total. The Morgan fingerprint density at radius 2 is 1.75 bits per heavy atom. The molecule has 0 aromatic heterocycles. The highest BCUT2D eigenvalue weighted by atomic mass is 16.5. The van der Waals surface area contributed by atoms with Gasteiger partial charge in [0.1, 0.15) is 0 Å². The van der Waals surface area contributed by atoms with Crippen LogP contribution in [-0.2, 0) is 4.74 Å². The molecule has 0 aliphatic carbocycles. The fourth-order valence-electron chi connectivity index (χ4n) is 2.76. The monoisotopic (exact) mass is 275 g/mol. The zero-order valence-electron chi connectivity index (χ0n) is 12.9. The average molecular weight is 275 g/mol. The lowest BCUT2D eigenvalue weighted by atomic mass is 10.0. The number of carbonyl (C=O) groups is 1. The van der Waals surface area contributed by atoms with Crippen LogP contribution in [0.5, 0.6) is 0 Å². The number of hydrogen-bond donors (Lipinski definition) is 0. The van der Waals surface area contributed by atoms with E-state index in [-0.39, 0.29) is 18.0 Å². The summed E-state index contributed by atoms with van der Waals surface area (Å²) in [7, 11) is 0. The van der Waals surface area contributed by atoms with Gasteiger partial charge >= 0.3 is 0 Å². The summed E-state index contributed by atoms with van der Waals surface area (Å²) in [5, 5.41) is 0. The molecule has 1 heterocycles. The first-order valence-electron chi connectivity index (χ1n) is 7.46. The van der Waals surface area contributed by atoms with Crippen LogP contribution in [0.2, 0.25) is 0 Å². The van der Waals surface area contributed by atoms with Crippen LogP contribution < -0.4 is 0 Å². The Kier molecular flexibility index (Phi) is 4.95. The van der Waals surface area contributed by atoms with Gasteiger partial charge in [-0.1, -0.05) is 38.1 Å². The van der Waals surface area contributed by atoms with Crippen molar-refractivity contribution in [3.63, 3.8) is 0 Å². The zero-order chi connectivity index (χ0) is 14.7. The van der Waals surface area contributed by atoms with Crippen LogP contribution in [0.15, 0.2) is 24.3 Å². The van der Waals surface area contributed by atoms with E-state index in [9.17, 15) is 4.79 Å². The van der Waals surface area contributed by atoms with Gasteiger partial charge in [0, 0.05) is 18.7 Å². The van der Waals surface area contributed by atoms with Crippen molar-refractivity contribution in [3.05, 3.63) is 35.4 Å². The van der Waals surface area contributed by atoms with E-state index in [2.05, 4.69) is 44.7 Å². The summed E-state index contributed by atoms with van der Waals surface area (Å²) in [4.78, 5) is 14.5. The molecule has 0 saturated carbocycles. The molecule has 0 bridgehead atoms. The average Bonchev–Trinajstić information content (AvgIpc) is 2.37. The number of carbonyl (C=O) groups excluding carboxylic acids is 1. The quantitative estimate of drug-likeness (QED) is 0.791. The number of morpholine rings is 1. The minimum absolute atomic E-state index is 0.196. The van der Waals surface area contributed by atoms with E-state index in [1.807, 2.05) is 12.1 Å². The summed E-state index contributed by atoms with van der Waals surface area (Å²) in [6.07, 6.45) is 0.407. The first-order valence-corrected chi connectivity index (χ1v) is 7.46. The number of Topliss-reactive ketones (excluding diaryl/α,β-unsaturated/α-hetero) is 1. The van der Waals surface area contributed by atoms with Gasteiger partial charge < -0.3 is 4.74 Å². The predicted octanol–water partition coefficient (Wildman–Crippen LogP) is 3.10. The molecule has 20 heavy (non-hydrogen) atoms. The van der Waals surface area contributed by atoms with Crippen LogP contribution in [0.25, 0.3) is 0 Å². The van der Waals surface area contributed by atoms with Crippen molar-refractivity contribution in [2.24, 2.45) is 0 Å². The minimum Gasteiger partial charge on any atom is -0.373 e. The van der Waals surface area contributed by atoms with E-state index < -0.39 is 0 Å². The van der Waals surface area contributed by atoms with Gasteiger partial charge in [-0.3, -0.25) is 9.69 Å². The summed E-state index contributed by atoms with van der Waals surface area (Å²) in [6, 6.07) is 8.01. The van der Waals surface area contributed by atoms with Gasteiger partial charge in [-0.15, -0.1) is 0 Å². The second-order valence-electron chi connectivity index (χ2n) is 6.15. The third kappa shape index (κ3) is 3.90. The number of hydrogen-bond acceptors (Lipinski definition) is 3. The van der Waals surface area contributed by atoms with E-state index in [0.29, 0.717) is 12.5 Å². The first kappa shape index (κ1) is 15.2. The molecule has 0 spiro atoms. The standard InChI is InChI=1S/C17H25NO2/c1-12(2)15-5-7-16(8-6-15)17(19)11-18-9-13(3)20-14(4)10-18/h5-8,12-14H,9-11H2,1-4H3. The van der Waals surface area contributed by atoms with Crippen molar-refractivity contribution in [1.82, 2.24) is 4.90 Å². The van der Waals surface area contributed by atoms with Gasteiger partial charge in [-0.2, -0.15) is 0 Å². The van der Waals surface area contributed by atoms with Crippen LogP contribution >= 0.6 is 0 Å². The van der Waals surface area contributed by atoms with Crippen molar-refractivity contribution < 1.29 is 9.53 Å². The third-order valence-electron chi connectivity index (χ3n) is 3.76. The van der Waals surface area contributed by atoms with Crippen LogP contribution in [0, 0.1) is 0 Å². The Bertz CT molecular complexity index is 443. The highest BCUT2D eigenvalue weighted by molar-refractivity contribution is 5.97. The smallest absolute Gasteiger partial charge is 0.176 e. The Morgan fingerprint density at radius 1 is 1.20 bits per heavy atom. The van der Waals surface area contributed by atoms with E-state index in [1.54, 1.807) is 0 Å². The van der Waals surface area contributed by atoms with Crippen LogP contribution in [-0.4, -0.2) is 42.5 Å². The summed E-state index contributed by atoms with van der Waals surface area (Å²) < 4.78 is 5.69. The molecule has 0 amide bonds. The SMILES string of the molecule is CC1CN(CC(=O)c2ccc(C(C)C)cc2)CC(C)O1. The van der Waals surface area contributed by atoms with Gasteiger partial charge in [-0.25, -0.2) is 0 Å². The largest absolute Gasteiger partial charge is 0.373 e. The molecule has 0 N–H and O–H groups in total. The van der Waals surface area contributed by atoms with Crippen molar-refractivity contribution in [2.45, 2.75) is 45.8 Å². The molecule has 1 aromatic rings. The van der Waals surface area contributed by atoms with Crippen molar-refractivity contribution in [3.8, 4) is 0 Å². The molecule has 3 heteroatoms. The zero-order valence-corrected chi connectivity index (χ0v) is 12.9. The number of ketones is 1. The maximum Gasteiger partial charge on any atom is 0.176 e. The predicted molar refractivity (Wildman–Crippen MR) is 81.3 cm³/mol. The van der Waals surface area contributed by atoms with E-state index in [0.717, 1.165) is 18.7 Å². The summed E-state index contributed by atoms with van der Waals surface area (Å²) in [5.41, 5.74) is 2.08. The maximum atomic E-state index is 12.3. The lowest BCUT2D eigenvalue weighted by Gasteiger charge is -2.34. The molecule has 1 aliphatic heterocycles. The van der Waals surface area contributed by atoms with Gasteiger partial charge in [0.15, 0.2) is 5.78 Å². The van der Waals surface area contributed by atoms with Gasteiger partial charge in [0.05, 0.1) is 18.8 Å². The summed E-state index contributed by atoms with van der Waals surface area (Å²) >= 11 is 0. The molecule has 2 unspecified atom stereocenters. The van der Waals surface area contributed by atoms with Crippen molar-refractivity contribution in [2.75, 3.05) is 19.6 Å². The molecule has 0 radical (unpaired) electrons. The lowest BCUT2D eigenvalue weighted by Crippen LogP contribution is -2.47. The molecule has 1 aliphatic rings. The number of rotatable bonds is 4. The second kappa shape index (κ2) is 6.51. The molecular weight excluding hydrogens is 250 g/mol. The van der Waals surface area contributed by atoms with Gasteiger partial charge in [0.2, 0.25) is 0 Å².